The predicted molar refractivity (Wildman–Crippen MR) is 106 cm³/mol. The Morgan fingerprint density at radius 1 is 1.17 bits per heavy atom. The van der Waals surface area contributed by atoms with Crippen molar-refractivity contribution in [2.75, 3.05) is 17.2 Å². The van der Waals surface area contributed by atoms with Crippen molar-refractivity contribution in [2.24, 2.45) is 7.05 Å². The SMILES string of the molecule is Cn1cc(Nc2cc(-c3cccc(NC(=O)CNC(=O)CC#N)c3)ncn2)cn1. The fourth-order valence-corrected chi connectivity index (χ4v) is 2.49. The number of nitrogens with zero attached hydrogens (tertiary/aromatic N) is 5. The Labute approximate surface area is 166 Å². The smallest absolute Gasteiger partial charge is 0.243 e. The molecule has 0 bridgehead atoms. The van der Waals surface area contributed by atoms with Crippen molar-refractivity contribution < 1.29 is 9.59 Å². The van der Waals surface area contributed by atoms with Crippen LogP contribution in [0.1, 0.15) is 6.42 Å². The van der Waals surface area contributed by atoms with Crippen LogP contribution in [0, 0.1) is 11.3 Å². The number of hydrogen-bond acceptors (Lipinski definition) is 7. The van der Waals surface area contributed by atoms with Crippen molar-refractivity contribution in [3.05, 3.63) is 49.1 Å². The van der Waals surface area contributed by atoms with E-state index in [4.69, 9.17) is 5.26 Å². The third-order valence-corrected chi connectivity index (χ3v) is 3.77. The van der Waals surface area contributed by atoms with E-state index in [0.29, 0.717) is 17.2 Å². The minimum Gasteiger partial charge on any atom is -0.346 e. The summed E-state index contributed by atoms with van der Waals surface area (Å²) in [7, 11) is 1.82. The Hall–Kier alpha value is -4.26. The molecular weight excluding hydrogens is 372 g/mol. The molecule has 0 aliphatic carbocycles. The summed E-state index contributed by atoms with van der Waals surface area (Å²) >= 11 is 0. The molecule has 0 aliphatic rings. The fourth-order valence-electron chi connectivity index (χ4n) is 2.49. The number of carbonyl (C=O) groups is 2. The number of benzene rings is 1. The van der Waals surface area contributed by atoms with E-state index in [2.05, 4.69) is 31.0 Å². The second kappa shape index (κ2) is 9.09. The van der Waals surface area contributed by atoms with Gasteiger partial charge in [-0.3, -0.25) is 14.3 Å². The summed E-state index contributed by atoms with van der Waals surface area (Å²) in [5.41, 5.74) is 2.82. The van der Waals surface area contributed by atoms with Crippen LogP contribution in [0.15, 0.2) is 49.1 Å². The van der Waals surface area contributed by atoms with Gasteiger partial charge < -0.3 is 16.0 Å². The number of aromatic nitrogens is 4. The summed E-state index contributed by atoms with van der Waals surface area (Å²) in [5, 5.41) is 20.8. The van der Waals surface area contributed by atoms with Gasteiger partial charge in [0.05, 0.1) is 30.2 Å². The molecule has 0 aliphatic heterocycles. The van der Waals surface area contributed by atoms with Gasteiger partial charge in [0.25, 0.3) is 0 Å². The van der Waals surface area contributed by atoms with Gasteiger partial charge in [-0.05, 0) is 12.1 Å². The molecule has 2 aromatic heterocycles. The maximum Gasteiger partial charge on any atom is 0.243 e. The first-order valence-electron chi connectivity index (χ1n) is 8.65. The topological polar surface area (TPSA) is 138 Å². The summed E-state index contributed by atoms with van der Waals surface area (Å²) in [4.78, 5) is 31.7. The van der Waals surface area contributed by atoms with E-state index < -0.39 is 11.8 Å². The molecule has 3 N–H and O–H groups in total. The van der Waals surface area contributed by atoms with Gasteiger partial charge >= 0.3 is 0 Å². The molecule has 0 saturated heterocycles. The third-order valence-electron chi connectivity index (χ3n) is 3.77. The van der Waals surface area contributed by atoms with Crippen LogP contribution < -0.4 is 16.0 Å². The Kier molecular flexibility index (Phi) is 6.12. The predicted octanol–water partition coefficient (Wildman–Crippen LogP) is 1.59. The normalized spacial score (nSPS) is 10.1. The van der Waals surface area contributed by atoms with Crippen LogP contribution in [0.3, 0.4) is 0 Å². The number of anilines is 3. The lowest BCUT2D eigenvalue weighted by atomic mass is 10.1. The Morgan fingerprint density at radius 2 is 2.03 bits per heavy atom. The lowest BCUT2D eigenvalue weighted by molar-refractivity contribution is -0.123. The molecule has 3 rings (SSSR count). The van der Waals surface area contributed by atoms with Gasteiger partial charge in [-0.15, -0.1) is 0 Å². The van der Waals surface area contributed by atoms with E-state index in [9.17, 15) is 9.59 Å². The number of nitrogens with one attached hydrogen (secondary N) is 3. The molecule has 10 nitrogen and oxygen atoms in total. The summed E-state index contributed by atoms with van der Waals surface area (Å²) in [6.07, 6.45) is 4.68. The van der Waals surface area contributed by atoms with E-state index in [0.717, 1.165) is 11.3 Å². The summed E-state index contributed by atoms with van der Waals surface area (Å²) in [6.45, 7) is -0.211. The molecule has 0 fully saturated rings. The molecule has 1 aromatic carbocycles. The summed E-state index contributed by atoms with van der Waals surface area (Å²) < 4.78 is 1.68. The molecule has 146 valence electrons. The van der Waals surface area contributed by atoms with Crippen LogP contribution >= 0.6 is 0 Å². The maximum absolute atomic E-state index is 12.0. The summed E-state index contributed by atoms with van der Waals surface area (Å²) in [6, 6.07) is 10.7. The highest BCUT2D eigenvalue weighted by atomic mass is 16.2. The van der Waals surface area contributed by atoms with E-state index in [1.807, 2.05) is 19.3 Å². The molecule has 0 spiro atoms. The first-order valence-corrected chi connectivity index (χ1v) is 8.65. The van der Waals surface area contributed by atoms with Crippen LogP contribution in [0.5, 0.6) is 0 Å². The van der Waals surface area contributed by atoms with Crippen LogP contribution in [0.4, 0.5) is 17.2 Å². The number of nitriles is 1. The Bertz CT molecular complexity index is 1070. The first kappa shape index (κ1) is 19.5. The number of amides is 2. The van der Waals surface area contributed by atoms with Gasteiger partial charge in [0, 0.05) is 30.6 Å². The largest absolute Gasteiger partial charge is 0.346 e. The van der Waals surface area contributed by atoms with Gasteiger partial charge in [0.2, 0.25) is 11.8 Å². The van der Waals surface area contributed by atoms with Crippen LogP contribution in [-0.4, -0.2) is 38.1 Å². The minimum absolute atomic E-state index is 0.211. The van der Waals surface area contributed by atoms with Crippen molar-refractivity contribution in [1.82, 2.24) is 25.1 Å². The zero-order valence-corrected chi connectivity index (χ0v) is 15.6. The van der Waals surface area contributed by atoms with Gasteiger partial charge in [-0.1, -0.05) is 12.1 Å². The van der Waals surface area contributed by atoms with Gasteiger partial charge in [0.15, 0.2) is 0 Å². The van der Waals surface area contributed by atoms with E-state index in [1.165, 1.54) is 6.33 Å². The average Bonchev–Trinajstić information content (AvgIpc) is 3.12. The van der Waals surface area contributed by atoms with E-state index >= 15 is 0 Å². The second-order valence-corrected chi connectivity index (χ2v) is 6.06. The molecule has 2 heterocycles. The highest BCUT2D eigenvalue weighted by molar-refractivity contribution is 5.95. The quantitative estimate of drug-likeness (QED) is 0.557. The van der Waals surface area contributed by atoms with Crippen molar-refractivity contribution in [3.63, 3.8) is 0 Å². The van der Waals surface area contributed by atoms with E-state index in [1.54, 1.807) is 41.2 Å². The van der Waals surface area contributed by atoms with Gasteiger partial charge in [-0.25, -0.2) is 9.97 Å². The Morgan fingerprint density at radius 3 is 2.79 bits per heavy atom. The highest BCUT2D eigenvalue weighted by Crippen LogP contribution is 2.23. The van der Waals surface area contributed by atoms with Crippen molar-refractivity contribution in [1.29, 1.82) is 5.26 Å². The molecule has 0 saturated carbocycles. The molecule has 0 atom stereocenters. The van der Waals surface area contributed by atoms with Crippen LogP contribution in [0.25, 0.3) is 11.3 Å². The van der Waals surface area contributed by atoms with E-state index in [-0.39, 0.29) is 13.0 Å². The average molecular weight is 390 g/mol. The lowest BCUT2D eigenvalue weighted by Crippen LogP contribution is -2.32. The molecular formula is C19H18N8O2. The molecule has 3 aromatic rings. The van der Waals surface area contributed by atoms with Gasteiger partial charge in [-0.2, -0.15) is 10.4 Å². The van der Waals surface area contributed by atoms with Crippen LogP contribution in [0.2, 0.25) is 0 Å². The molecule has 2 amide bonds. The minimum atomic E-state index is -0.494. The van der Waals surface area contributed by atoms with Crippen molar-refractivity contribution in [3.8, 4) is 17.3 Å². The fraction of sp³-hybridized carbons (Fsp3) is 0.158. The molecule has 0 radical (unpaired) electrons. The van der Waals surface area contributed by atoms with Crippen molar-refractivity contribution in [2.45, 2.75) is 6.42 Å². The first-order chi connectivity index (χ1) is 14.0. The summed E-state index contributed by atoms with van der Waals surface area (Å²) in [5.74, 6) is -0.279. The third kappa shape index (κ3) is 5.61. The number of aryl methyl sites for hydroxylation is 1. The lowest BCUT2D eigenvalue weighted by Gasteiger charge is -2.09. The number of carbonyl (C=O) groups excluding carboxylic acids is 2. The molecule has 0 unspecified atom stereocenters. The maximum atomic E-state index is 12.0. The number of hydrogen-bond donors (Lipinski definition) is 3. The van der Waals surface area contributed by atoms with Crippen molar-refractivity contribution >= 4 is 29.0 Å². The second-order valence-electron chi connectivity index (χ2n) is 6.06. The van der Waals surface area contributed by atoms with Gasteiger partial charge in [0.1, 0.15) is 18.6 Å². The monoisotopic (exact) mass is 390 g/mol. The molecule has 29 heavy (non-hydrogen) atoms. The number of rotatable bonds is 7. The highest BCUT2D eigenvalue weighted by Gasteiger charge is 2.08. The zero-order chi connectivity index (χ0) is 20.6. The van der Waals surface area contributed by atoms with Crippen LogP contribution in [-0.2, 0) is 16.6 Å². The Balaban J connectivity index is 1.67. The standard InChI is InChI=1S/C19H18N8O2/c1-27-11-15(9-24-27)25-17-8-16(22-12-23-17)13-3-2-4-14(7-13)26-19(29)10-21-18(28)5-6-20/h2-4,7-9,11-12H,5,10H2,1H3,(H,21,28)(H,26,29)(H,22,23,25). The molecule has 10 heteroatoms. The zero-order valence-electron chi connectivity index (χ0n) is 15.6.